The van der Waals surface area contributed by atoms with Crippen LogP contribution in [0.2, 0.25) is 0 Å². The van der Waals surface area contributed by atoms with E-state index in [0.29, 0.717) is 36.4 Å². The van der Waals surface area contributed by atoms with Crippen molar-refractivity contribution in [3.8, 4) is 0 Å². The summed E-state index contributed by atoms with van der Waals surface area (Å²) < 4.78 is 34.2. The van der Waals surface area contributed by atoms with Crippen molar-refractivity contribution in [2.75, 3.05) is 6.61 Å². The number of rotatable bonds is 3. The van der Waals surface area contributed by atoms with Crippen LogP contribution < -0.4 is 0 Å². The number of ketones is 1. The quantitative estimate of drug-likeness (QED) is 0.667. The fourth-order valence-electron chi connectivity index (χ4n) is 9.66. The van der Waals surface area contributed by atoms with Crippen LogP contribution in [-0.4, -0.2) is 42.4 Å². The third kappa shape index (κ3) is 3.59. The normalized spacial score (nSPS) is 46.7. The average molecular weight is 502 g/mol. The Morgan fingerprint density at radius 3 is 2.63 bits per heavy atom. The zero-order valence-electron chi connectivity index (χ0n) is 20.9. The molecule has 1 spiro atoms. The van der Waals surface area contributed by atoms with Crippen LogP contribution in [0.15, 0.2) is 30.3 Å². The van der Waals surface area contributed by atoms with Crippen LogP contribution in [0.1, 0.15) is 70.8 Å². The predicted molar refractivity (Wildman–Crippen MR) is 132 cm³/mol. The molecule has 6 rings (SSSR count). The summed E-state index contributed by atoms with van der Waals surface area (Å²) in [6.45, 7) is 4.56. The van der Waals surface area contributed by atoms with E-state index in [0.717, 1.165) is 44.1 Å². The summed E-state index contributed by atoms with van der Waals surface area (Å²) in [7, 11) is -3.96. The molecule has 1 N–H and O–H groups in total. The Morgan fingerprint density at radius 2 is 1.89 bits per heavy atom. The molecule has 0 aromatic heterocycles. The van der Waals surface area contributed by atoms with Gasteiger partial charge in [-0.2, -0.15) is 12.7 Å². The number of hydrogen-bond acceptors (Lipinski definition) is 5. The number of fused-ring (bicyclic) bond motifs is 4. The molecule has 5 fully saturated rings. The highest BCUT2D eigenvalue weighted by molar-refractivity contribution is 7.84. The van der Waals surface area contributed by atoms with Gasteiger partial charge in [0.15, 0.2) is 0 Å². The first kappa shape index (κ1) is 24.1. The third-order valence-corrected chi connectivity index (χ3v) is 12.6. The number of hydrogen-bond donors (Lipinski definition) is 1. The predicted octanol–water partition coefficient (Wildman–Crippen LogP) is 4.33. The maximum atomic E-state index is 13.4. The lowest BCUT2D eigenvalue weighted by Gasteiger charge is -2.62. The molecule has 6 nitrogen and oxygen atoms in total. The fraction of sp³-hybridized carbons (Fsp3) is 0.750. The van der Waals surface area contributed by atoms with Crippen molar-refractivity contribution in [2.24, 2.45) is 40.4 Å². The maximum absolute atomic E-state index is 13.4. The second kappa shape index (κ2) is 8.37. The summed E-state index contributed by atoms with van der Waals surface area (Å²) in [5.74, 6) is 2.22. The third-order valence-electron chi connectivity index (χ3n) is 11.2. The van der Waals surface area contributed by atoms with Gasteiger partial charge in [0.2, 0.25) is 0 Å². The Hall–Kier alpha value is -1.28. The van der Waals surface area contributed by atoms with Gasteiger partial charge in [-0.25, -0.2) is 0 Å². The molecule has 1 aromatic carbocycles. The number of carbonyl (C=O) groups is 1. The number of benzene rings is 1. The molecule has 35 heavy (non-hydrogen) atoms. The van der Waals surface area contributed by atoms with Gasteiger partial charge in [-0.3, -0.25) is 8.98 Å². The Labute approximate surface area is 209 Å². The van der Waals surface area contributed by atoms with Gasteiger partial charge in [0.05, 0.1) is 18.8 Å². The lowest BCUT2D eigenvalue weighted by Crippen LogP contribution is -2.60. The van der Waals surface area contributed by atoms with Gasteiger partial charge >= 0.3 is 10.3 Å². The molecule has 0 amide bonds. The van der Waals surface area contributed by atoms with Crippen molar-refractivity contribution in [1.29, 1.82) is 0 Å². The van der Waals surface area contributed by atoms with Gasteiger partial charge in [0.25, 0.3) is 0 Å². The van der Waals surface area contributed by atoms with Crippen molar-refractivity contribution in [1.82, 2.24) is 4.31 Å². The van der Waals surface area contributed by atoms with Crippen molar-refractivity contribution in [2.45, 2.75) is 83.9 Å². The van der Waals surface area contributed by atoms with Crippen molar-refractivity contribution in [3.05, 3.63) is 35.9 Å². The Morgan fingerprint density at radius 1 is 1.11 bits per heavy atom. The lowest BCUT2D eigenvalue weighted by atomic mass is 9.44. The molecule has 4 aliphatic carbocycles. The van der Waals surface area contributed by atoms with Gasteiger partial charge in [-0.05, 0) is 92.9 Å². The summed E-state index contributed by atoms with van der Waals surface area (Å²) in [6.07, 6.45) is 6.95. The number of carbonyl (C=O) groups excluding carboxylic acids is 1. The number of aliphatic hydroxyl groups is 1. The topological polar surface area (TPSA) is 83.9 Å². The van der Waals surface area contributed by atoms with Crippen molar-refractivity contribution < 1.29 is 22.5 Å². The molecule has 7 heteroatoms. The van der Waals surface area contributed by atoms with Crippen molar-refractivity contribution >= 4 is 16.1 Å². The SMILES string of the molecule is CC(=O)[C@H]1CC[C@H]2[C@@H]3CC[C@H]4C[C@H](O)[C@@H]5C[C@]4(COS(=O)(=O)N5Cc4ccccc4)[C@H]3CC[C@]12C. The summed E-state index contributed by atoms with van der Waals surface area (Å²) in [6, 6.07) is 9.15. The van der Waals surface area contributed by atoms with Crippen LogP contribution in [0, 0.1) is 40.4 Å². The molecular weight excluding hydrogens is 462 g/mol. The first-order valence-electron chi connectivity index (χ1n) is 13.5. The van der Waals surface area contributed by atoms with E-state index in [-0.39, 0.29) is 35.8 Å². The zero-order valence-corrected chi connectivity index (χ0v) is 21.8. The number of nitrogens with zero attached hydrogens (tertiary/aromatic N) is 1. The van der Waals surface area contributed by atoms with E-state index in [1.165, 1.54) is 4.31 Å². The minimum atomic E-state index is -3.96. The first-order valence-corrected chi connectivity index (χ1v) is 14.9. The van der Waals surface area contributed by atoms with E-state index >= 15 is 0 Å². The maximum Gasteiger partial charge on any atom is 0.339 e. The van der Waals surface area contributed by atoms with Gasteiger partial charge in [0.1, 0.15) is 5.78 Å². The van der Waals surface area contributed by atoms with E-state index in [2.05, 4.69) is 6.92 Å². The fourth-order valence-corrected chi connectivity index (χ4v) is 11.0. The second-order valence-corrected chi connectivity index (χ2v) is 14.1. The van der Waals surface area contributed by atoms with E-state index in [4.69, 9.17) is 4.18 Å². The summed E-state index contributed by atoms with van der Waals surface area (Å²) >= 11 is 0. The molecule has 1 aromatic rings. The highest BCUT2D eigenvalue weighted by atomic mass is 32.2. The average Bonchev–Trinajstić information content (AvgIpc) is 3.15. The molecule has 1 heterocycles. The van der Waals surface area contributed by atoms with Gasteiger partial charge in [-0.1, -0.05) is 37.3 Å². The standard InChI is InChI=1S/C28H39NO5S/c1-18(30)22-10-11-23-21-9-8-20-14-26(31)25-15-28(20,24(21)12-13-27(22,23)2)17-34-35(32,33)29(25)16-19-6-4-3-5-7-19/h3-7,20-26,31H,8-17H2,1-2H3/t20-,21-,22+,23-,24-,25-,26-,27+,28+/m0/s1. The highest BCUT2D eigenvalue weighted by Gasteiger charge is 2.65. The molecule has 0 radical (unpaired) electrons. The van der Waals surface area contributed by atoms with Crippen molar-refractivity contribution in [3.63, 3.8) is 0 Å². The Balaban J connectivity index is 1.35. The van der Waals surface area contributed by atoms with Gasteiger partial charge in [-0.15, -0.1) is 0 Å². The van der Waals surface area contributed by atoms with E-state index in [1.807, 2.05) is 30.3 Å². The minimum absolute atomic E-state index is 0.0705. The molecule has 1 aliphatic heterocycles. The molecule has 192 valence electrons. The van der Waals surface area contributed by atoms with Crippen LogP contribution in [0.4, 0.5) is 0 Å². The Kier molecular flexibility index (Phi) is 5.76. The zero-order chi connectivity index (χ0) is 24.6. The van der Waals surface area contributed by atoms with Gasteiger partial charge in [0, 0.05) is 17.9 Å². The highest BCUT2D eigenvalue weighted by Crippen LogP contribution is 2.68. The monoisotopic (exact) mass is 501 g/mol. The van der Waals surface area contributed by atoms with Crippen LogP contribution >= 0.6 is 0 Å². The largest absolute Gasteiger partial charge is 0.391 e. The molecule has 9 atom stereocenters. The van der Waals surface area contributed by atoms with E-state index < -0.39 is 22.4 Å². The summed E-state index contributed by atoms with van der Waals surface area (Å²) in [5, 5.41) is 11.2. The number of Topliss-reactive ketones (excluding diaryl/α,β-unsaturated/α-hetero) is 1. The van der Waals surface area contributed by atoms with Crippen LogP contribution in [0.5, 0.6) is 0 Å². The molecule has 4 saturated carbocycles. The van der Waals surface area contributed by atoms with Crippen LogP contribution in [0.25, 0.3) is 0 Å². The second-order valence-electron chi connectivity index (χ2n) is 12.5. The van der Waals surface area contributed by atoms with E-state index in [9.17, 15) is 18.3 Å². The summed E-state index contributed by atoms with van der Waals surface area (Å²) in [4.78, 5) is 12.5. The number of aliphatic hydroxyl groups excluding tert-OH is 1. The molecule has 0 unspecified atom stereocenters. The lowest BCUT2D eigenvalue weighted by molar-refractivity contribution is -0.158. The molecular formula is C28H39NO5S. The van der Waals surface area contributed by atoms with E-state index in [1.54, 1.807) is 6.92 Å². The first-order chi connectivity index (χ1) is 16.7. The van der Waals surface area contributed by atoms with Gasteiger partial charge < -0.3 is 5.11 Å². The van der Waals surface area contributed by atoms with Crippen LogP contribution in [-0.2, 0) is 25.8 Å². The Bertz CT molecular complexity index is 1090. The minimum Gasteiger partial charge on any atom is -0.391 e. The van der Waals surface area contributed by atoms with Crippen LogP contribution in [0.3, 0.4) is 0 Å². The molecule has 5 aliphatic rings. The summed E-state index contributed by atoms with van der Waals surface area (Å²) in [5.41, 5.74) is 0.753. The molecule has 2 bridgehead atoms. The molecule has 1 saturated heterocycles. The smallest absolute Gasteiger partial charge is 0.339 e.